The Morgan fingerprint density at radius 1 is 1.20 bits per heavy atom. The number of aromatic hydroxyl groups is 2. The van der Waals surface area contributed by atoms with Crippen molar-refractivity contribution in [3.63, 3.8) is 0 Å². The number of benzene rings is 1. The molecule has 0 aliphatic heterocycles. The number of hydrogen-bond donors (Lipinski definition) is 2. The maximum Gasteiger partial charge on any atom is 0.333 e. The lowest BCUT2D eigenvalue weighted by molar-refractivity contribution is 0.104. The Morgan fingerprint density at radius 3 is 2.52 bits per heavy atom. The average molecular weight is 346 g/mol. The number of phenols is 1. The Hall–Kier alpha value is -3.29. The lowest BCUT2D eigenvalue weighted by Crippen LogP contribution is -2.39. The molecule has 0 saturated heterocycles. The molecule has 0 unspecified atom stereocenters. The number of hydrogen-bond acceptors (Lipinski definition) is 6. The van der Waals surface area contributed by atoms with Crippen LogP contribution in [0.1, 0.15) is 22.8 Å². The highest BCUT2D eigenvalue weighted by molar-refractivity contribution is 6.08. The topological polar surface area (TPSA) is 111 Å². The first-order valence-corrected chi connectivity index (χ1v) is 7.45. The van der Waals surface area contributed by atoms with Crippen molar-refractivity contribution in [2.75, 3.05) is 6.61 Å². The van der Waals surface area contributed by atoms with E-state index >= 15 is 0 Å². The molecule has 2 rings (SSSR count). The highest BCUT2D eigenvalue weighted by Crippen LogP contribution is 2.27. The third-order valence-electron chi connectivity index (χ3n) is 3.59. The van der Waals surface area contributed by atoms with Gasteiger partial charge in [-0.2, -0.15) is 0 Å². The van der Waals surface area contributed by atoms with Crippen molar-refractivity contribution in [1.29, 1.82) is 0 Å². The summed E-state index contributed by atoms with van der Waals surface area (Å²) in [4.78, 5) is 36.1. The van der Waals surface area contributed by atoms with Gasteiger partial charge in [-0.3, -0.25) is 18.7 Å². The largest absolute Gasteiger partial charge is 0.504 e. The first-order chi connectivity index (χ1) is 11.8. The summed E-state index contributed by atoms with van der Waals surface area (Å²) in [5, 5.41) is 19.6. The molecule has 0 aliphatic carbocycles. The summed E-state index contributed by atoms with van der Waals surface area (Å²) in [7, 11) is 2.48. The van der Waals surface area contributed by atoms with E-state index in [1.165, 1.54) is 32.3 Å². The number of carbonyl (C=O) groups excluding carboxylic acids is 1. The van der Waals surface area contributed by atoms with Gasteiger partial charge in [-0.1, -0.05) is 12.1 Å². The van der Waals surface area contributed by atoms with Gasteiger partial charge in [0.2, 0.25) is 5.88 Å². The van der Waals surface area contributed by atoms with Crippen LogP contribution >= 0.6 is 0 Å². The number of rotatable bonds is 5. The average Bonchev–Trinajstić information content (AvgIpc) is 2.59. The highest BCUT2D eigenvalue weighted by atomic mass is 16.5. The van der Waals surface area contributed by atoms with Crippen LogP contribution in [-0.4, -0.2) is 31.7 Å². The minimum absolute atomic E-state index is 0.0325. The number of carbonyl (C=O) groups is 1. The molecule has 0 saturated carbocycles. The maximum absolute atomic E-state index is 12.3. The van der Waals surface area contributed by atoms with E-state index in [-0.39, 0.29) is 11.5 Å². The minimum Gasteiger partial charge on any atom is -0.504 e. The van der Waals surface area contributed by atoms with Gasteiger partial charge in [0.1, 0.15) is 5.56 Å². The van der Waals surface area contributed by atoms with Crippen molar-refractivity contribution in [1.82, 2.24) is 9.13 Å². The third kappa shape index (κ3) is 3.47. The molecular formula is C17H18N2O6. The first kappa shape index (κ1) is 18.1. The molecule has 1 aromatic heterocycles. The summed E-state index contributed by atoms with van der Waals surface area (Å²) in [6.07, 6.45) is 2.51. The summed E-state index contributed by atoms with van der Waals surface area (Å²) in [5.41, 5.74) is -1.56. The first-order valence-electron chi connectivity index (χ1n) is 7.45. The van der Waals surface area contributed by atoms with Crippen LogP contribution in [0.15, 0.2) is 33.9 Å². The van der Waals surface area contributed by atoms with E-state index in [1.807, 2.05) is 0 Å². The molecule has 8 heteroatoms. The molecule has 0 amide bonds. The molecule has 1 heterocycles. The lowest BCUT2D eigenvalue weighted by Gasteiger charge is -2.08. The monoisotopic (exact) mass is 346 g/mol. The van der Waals surface area contributed by atoms with Crippen molar-refractivity contribution in [3.8, 4) is 17.4 Å². The summed E-state index contributed by atoms with van der Waals surface area (Å²) in [6.45, 7) is 2.13. The quantitative estimate of drug-likeness (QED) is 0.612. The van der Waals surface area contributed by atoms with Crippen LogP contribution in [0.3, 0.4) is 0 Å². The summed E-state index contributed by atoms with van der Waals surface area (Å²) in [5.74, 6) is -1.21. The van der Waals surface area contributed by atoms with E-state index in [9.17, 15) is 24.6 Å². The molecule has 0 bridgehead atoms. The summed E-state index contributed by atoms with van der Waals surface area (Å²) < 4.78 is 6.81. The zero-order chi connectivity index (χ0) is 18.7. The molecule has 2 N–H and O–H groups in total. The Morgan fingerprint density at radius 2 is 1.88 bits per heavy atom. The smallest absolute Gasteiger partial charge is 0.333 e. The third-order valence-corrected chi connectivity index (χ3v) is 3.59. The Kier molecular flexibility index (Phi) is 5.11. The van der Waals surface area contributed by atoms with Crippen LogP contribution in [-0.2, 0) is 14.1 Å². The van der Waals surface area contributed by atoms with Crippen LogP contribution in [0.2, 0.25) is 0 Å². The van der Waals surface area contributed by atoms with E-state index in [1.54, 1.807) is 13.0 Å². The molecular weight excluding hydrogens is 328 g/mol. The number of allylic oxidation sites excluding steroid dienone is 1. The molecule has 8 nitrogen and oxygen atoms in total. The molecule has 0 radical (unpaired) electrons. The van der Waals surface area contributed by atoms with E-state index in [0.717, 1.165) is 15.2 Å². The van der Waals surface area contributed by atoms with Crippen LogP contribution in [0.4, 0.5) is 0 Å². The molecule has 0 atom stereocenters. The fraction of sp³-hybridized carbons (Fsp3) is 0.235. The summed E-state index contributed by atoms with van der Waals surface area (Å²) in [6, 6.07) is 4.50. The van der Waals surface area contributed by atoms with Crippen LogP contribution in [0.5, 0.6) is 17.4 Å². The van der Waals surface area contributed by atoms with Gasteiger partial charge < -0.3 is 14.9 Å². The maximum atomic E-state index is 12.3. The second-order valence-corrected chi connectivity index (χ2v) is 5.26. The van der Waals surface area contributed by atoms with Gasteiger partial charge in [0.25, 0.3) is 5.56 Å². The Balaban J connectivity index is 2.41. The molecule has 2 aromatic rings. The van der Waals surface area contributed by atoms with Crippen molar-refractivity contribution >= 4 is 11.9 Å². The molecule has 0 fully saturated rings. The van der Waals surface area contributed by atoms with E-state index < -0.39 is 28.5 Å². The second-order valence-electron chi connectivity index (χ2n) is 5.26. The van der Waals surface area contributed by atoms with E-state index in [2.05, 4.69) is 0 Å². The highest BCUT2D eigenvalue weighted by Gasteiger charge is 2.19. The van der Waals surface area contributed by atoms with E-state index in [4.69, 9.17) is 4.74 Å². The van der Waals surface area contributed by atoms with Gasteiger partial charge in [0.05, 0.1) is 6.61 Å². The molecule has 0 aliphatic rings. The molecule has 1 aromatic carbocycles. The second kappa shape index (κ2) is 7.08. The van der Waals surface area contributed by atoms with Crippen LogP contribution < -0.4 is 16.0 Å². The molecule has 25 heavy (non-hydrogen) atoms. The number of nitrogens with zero attached hydrogens (tertiary/aromatic N) is 2. The van der Waals surface area contributed by atoms with Crippen molar-refractivity contribution in [3.05, 3.63) is 56.2 Å². The standard InChI is InChI=1S/C17H18N2O6/c1-4-25-13-9-10(5-7-11(13)20)6-8-12(21)14-15(22)18(2)17(24)19(3)16(14)23/h5-9,20,22H,4H2,1-3H3. The van der Waals surface area contributed by atoms with Crippen LogP contribution in [0.25, 0.3) is 6.08 Å². The molecule has 0 spiro atoms. The predicted molar refractivity (Wildman–Crippen MR) is 91.2 cm³/mol. The minimum atomic E-state index is -0.879. The van der Waals surface area contributed by atoms with Gasteiger partial charge >= 0.3 is 5.69 Å². The Labute approximate surface area is 142 Å². The lowest BCUT2D eigenvalue weighted by atomic mass is 10.1. The molecule has 132 valence electrons. The predicted octanol–water partition coefficient (Wildman–Crippen LogP) is 0.790. The number of aromatic nitrogens is 2. The van der Waals surface area contributed by atoms with E-state index in [0.29, 0.717) is 12.2 Å². The van der Waals surface area contributed by atoms with Crippen molar-refractivity contribution in [2.24, 2.45) is 14.1 Å². The number of phenolic OH excluding ortho intramolecular Hbond substituents is 1. The fourth-order valence-corrected chi connectivity index (χ4v) is 2.21. The SMILES string of the molecule is CCOc1cc(C=CC(=O)c2c(O)n(C)c(=O)n(C)c2=O)ccc1O. The zero-order valence-electron chi connectivity index (χ0n) is 14.0. The van der Waals surface area contributed by atoms with Crippen molar-refractivity contribution in [2.45, 2.75) is 6.92 Å². The van der Waals surface area contributed by atoms with Crippen LogP contribution in [0, 0.1) is 0 Å². The Bertz CT molecular complexity index is 968. The zero-order valence-corrected chi connectivity index (χ0v) is 14.0. The normalized spacial score (nSPS) is 11.0. The fourth-order valence-electron chi connectivity index (χ4n) is 2.21. The summed E-state index contributed by atoms with van der Waals surface area (Å²) >= 11 is 0. The number of ketones is 1. The van der Waals surface area contributed by atoms with Gasteiger partial charge in [0, 0.05) is 14.1 Å². The van der Waals surface area contributed by atoms with Crippen molar-refractivity contribution < 1.29 is 19.7 Å². The van der Waals surface area contributed by atoms with Gasteiger partial charge in [0.15, 0.2) is 17.3 Å². The van der Waals surface area contributed by atoms with Gasteiger partial charge in [-0.25, -0.2) is 4.79 Å². The number of ether oxygens (including phenoxy) is 1. The van der Waals surface area contributed by atoms with Gasteiger partial charge in [-0.15, -0.1) is 0 Å². The van der Waals surface area contributed by atoms with Gasteiger partial charge in [-0.05, 0) is 30.7 Å².